The molecule has 0 spiro atoms. The lowest BCUT2D eigenvalue weighted by Crippen LogP contribution is -2.59. The summed E-state index contributed by atoms with van der Waals surface area (Å²) in [5, 5.41) is 0. The zero-order valence-corrected chi connectivity index (χ0v) is 17.9. The Balaban J connectivity index is 1.48. The summed E-state index contributed by atoms with van der Waals surface area (Å²) in [5.41, 5.74) is 2.87. The molecule has 1 N–H and O–H groups in total. The zero-order valence-electron chi connectivity index (χ0n) is 17.9. The molecule has 30 heavy (non-hydrogen) atoms. The molecular formula is C24H29N5O. The molecule has 156 valence electrons. The fourth-order valence-corrected chi connectivity index (χ4v) is 4.02. The molecule has 1 aliphatic heterocycles. The van der Waals surface area contributed by atoms with E-state index in [1.807, 2.05) is 19.1 Å². The number of H-pyrrole nitrogens is 1. The maximum Gasteiger partial charge on any atom is 0.251 e. The summed E-state index contributed by atoms with van der Waals surface area (Å²) >= 11 is 0. The average molecular weight is 404 g/mol. The first-order valence-electron chi connectivity index (χ1n) is 10.6. The summed E-state index contributed by atoms with van der Waals surface area (Å²) in [6, 6.07) is 16.2. The Labute approximate surface area is 177 Å². The summed E-state index contributed by atoms with van der Waals surface area (Å²) in [4.78, 5) is 28.8. The number of nitrogens with zero attached hydrogens (tertiary/aromatic N) is 4. The van der Waals surface area contributed by atoms with E-state index in [0.717, 1.165) is 49.7 Å². The number of anilines is 1. The highest BCUT2D eigenvalue weighted by molar-refractivity contribution is 5.56. The van der Waals surface area contributed by atoms with E-state index in [0.29, 0.717) is 5.82 Å². The van der Waals surface area contributed by atoms with Gasteiger partial charge in [0.1, 0.15) is 11.6 Å². The van der Waals surface area contributed by atoms with Gasteiger partial charge in [-0.1, -0.05) is 37.3 Å². The van der Waals surface area contributed by atoms with Crippen LogP contribution in [0.4, 0.5) is 5.82 Å². The van der Waals surface area contributed by atoms with Gasteiger partial charge in [-0.3, -0.25) is 9.69 Å². The molecule has 1 fully saturated rings. The van der Waals surface area contributed by atoms with Crippen LogP contribution >= 0.6 is 0 Å². The molecule has 2 aromatic heterocycles. The van der Waals surface area contributed by atoms with Gasteiger partial charge >= 0.3 is 0 Å². The summed E-state index contributed by atoms with van der Waals surface area (Å²) in [6.07, 6.45) is 2.53. The largest absolute Gasteiger partial charge is 0.354 e. The smallest absolute Gasteiger partial charge is 0.251 e. The van der Waals surface area contributed by atoms with E-state index in [-0.39, 0.29) is 11.1 Å². The monoisotopic (exact) mass is 403 g/mol. The molecule has 6 nitrogen and oxygen atoms in total. The maximum atomic E-state index is 11.9. The number of aromatic nitrogens is 3. The second-order valence-corrected chi connectivity index (χ2v) is 8.49. The van der Waals surface area contributed by atoms with E-state index < -0.39 is 0 Å². The molecule has 0 atom stereocenters. The van der Waals surface area contributed by atoms with Gasteiger partial charge < -0.3 is 9.88 Å². The Hall–Kier alpha value is -2.99. The highest BCUT2D eigenvalue weighted by Gasteiger charge is 2.34. The molecule has 0 unspecified atom stereocenters. The van der Waals surface area contributed by atoms with Crippen molar-refractivity contribution in [1.29, 1.82) is 0 Å². The van der Waals surface area contributed by atoms with Gasteiger partial charge in [-0.25, -0.2) is 9.97 Å². The first-order chi connectivity index (χ1) is 14.4. The Kier molecular flexibility index (Phi) is 5.68. The number of rotatable bonds is 5. The molecule has 3 aromatic rings. The Morgan fingerprint density at radius 2 is 1.90 bits per heavy atom. The van der Waals surface area contributed by atoms with Crippen molar-refractivity contribution in [2.75, 3.05) is 24.5 Å². The predicted molar refractivity (Wildman–Crippen MR) is 121 cm³/mol. The normalized spacial score (nSPS) is 16.6. The topological polar surface area (TPSA) is 65.1 Å². The number of pyridine rings is 1. The molecule has 0 bridgehead atoms. The highest BCUT2D eigenvalue weighted by atomic mass is 16.1. The minimum Gasteiger partial charge on any atom is -0.354 e. The van der Waals surface area contributed by atoms with Gasteiger partial charge in [-0.15, -0.1) is 0 Å². The zero-order chi connectivity index (χ0) is 21.1. The van der Waals surface area contributed by atoms with Crippen LogP contribution in [0.2, 0.25) is 0 Å². The number of aromatic amines is 1. The Bertz CT molecular complexity index is 1040. The minimum absolute atomic E-state index is 0.0384. The van der Waals surface area contributed by atoms with Crippen LogP contribution in [0.3, 0.4) is 0 Å². The Morgan fingerprint density at radius 3 is 2.57 bits per heavy atom. The molecular weight excluding hydrogens is 374 g/mol. The lowest BCUT2D eigenvalue weighted by atomic mass is 9.97. The van der Waals surface area contributed by atoms with Crippen molar-refractivity contribution in [2.45, 2.75) is 39.3 Å². The van der Waals surface area contributed by atoms with Crippen molar-refractivity contribution < 1.29 is 0 Å². The molecule has 4 rings (SSSR count). The van der Waals surface area contributed by atoms with Crippen LogP contribution in [0.15, 0.2) is 59.5 Å². The lowest BCUT2D eigenvalue weighted by molar-refractivity contribution is 0.0959. The summed E-state index contributed by atoms with van der Waals surface area (Å²) < 4.78 is 0. The maximum absolute atomic E-state index is 11.9. The minimum atomic E-state index is -0.128. The quantitative estimate of drug-likeness (QED) is 0.706. The lowest BCUT2D eigenvalue weighted by Gasteiger charge is -2.47. The van der Waals surface area contributed by atoms with Gasteiger partial charge in [-0.2, -0.15) is 0 Å². The third kappa shape index (κ3) is 4.44. The molecule has 1 saturated heterocycles. The van der Waals surface area contributed by atoms with Crippen molar-refractivity contribution in [3.63, 3.8) is 0 Å². The highest BCUT2D eigenvalue weighted by Crippen LogP contribution is 2.27. The predicted octanol–water partition coefficient (Wildman–Crippen LogP) is 3.50. The molecule has 0 amide bonds. The fourth-order valence-electron chi connectivity index (χ4n) is 4.02. The third-order valence-corrected chi connectivity index (χ3v) is 5.79. The molecule has 6 heteroatoms. The van der Waals surface area contributed by atoms with Gasteiger partial charge in [0.2, 0.25) is 0 Å². The van der Waals surface area contributed by atoms with Crippen molar-refractivity contribution in [1.82, 2.24) is 19.9 Å². The fraction of sp³-hybridized carbons (Fsp3) is 0.375. The first kappa shape index (κ1) is 20.3. The van der Waals surface area contributed by atoms with Crippen molar-refractivity contribution in [3.8, 4) is 11.4 Å². The number of benzene rings is 1. The van der Waals surface area contributed by atoms with E-state index in [1.54, 1.807) is 12.3 Å². The molecule has 0 aliphatic carbocycles. The molecule has 0 radical (unpaired) electrons. The van der Waals surface area contributed by atoms with Crippen molar-refractivity contribution >= 4 is 5.82 Å². The second kappa shape index (κ2) is 8.40. The summed E-state index contributed by atoms with van der Waals surface area (Å²) in [5.74, 6) is 1.53. The second-order valence-electron chi connectivity index (χ2n) is 8.49. The van der Waals surface area contributed by atoms with E-state index in [9.17, 15) is 4.79 Å². The molecule has 3 heterocycles. The van der Waals surface area contributed by atoms with E-state index in [2.05, 4.69) is 68.9 Å². The van der Waals surface area contributed by atoms with E-state index >= 15 is 0 Å². The van der Waals surface area contributed by atoms with Gasteiger partial charge in [0.05, 0.1) is 0 Å². The third-order valence-electron chi connectivity index (χ3n) is 5.79. The summed E-state index contributed by atoms with van der Waals surface area (Å²) in [6.45, 7) is 10.4. The molecule has 1 aromatic carbocycles. The first-order valence-corrected chi connectivity index (χ1v) is 10.6. The Morgan fingerprint density at radius 1 is 1.10 bits per heavy atom. The van der Waals surface area contributed by atoms with Crippen LogP contribution in [-0.2, 0) is 13.0 Å². The average Bonchev–Trinajstić information content (AvgIpc) is 2.75. The van der Waals surface area contributed by atoms with Gasteiger partial charge in [-0.05, 0) is 38.0 Å². The van der Waals surface area contributed by atoms with E-state index in [4.69, 9.17) is 0 Å². The number of piperazine rings is 1. The van der Waals surface area contributed by atoms with Gasteiger partial charge in [0, 0.05) is 55.2 Å². The van der Waals surface area contributed by atoms with Gasteiger partial charge in [0.25, 0.3) is 5.56 Å². The van der Waals surface area contributed by atoms with Crippen LogP contribution in [0, 0.1) is 0 Å². The van der Waals surface area contributed by atoms with E-state index in [1.165, 1.54) is 5.56 Å². The van der Waals surface area contributed by atoms with Crippen LogP contribution < -0.4 is 10.5 Å². The number of hydrogen-bond donors (Lipinski definition) is 1. The number of nitrogens with one attached hydrogen (secondary N) is 1. The van der Waals surface area contributed by atoms with Crippen LogP contribution in [0.5, 0.6) is 0 Å². The standard InChI is InChI=1S/C24H29N5O/c1-4-20-14-22(30)27-23(26-20)19-10-11-21(25-15-19)28-12-13-29(24(2,3)17-28)16-18-8-6-5-7-9-18/h5-11,14-15H,4,12-13,16-17H2,1-3H3,(H,26,27,30). The van der Waals surface area contributed by atoms with Crippen LogP contribution in [0.25, 0.3) is 11.4 Å². The SMILES string of the molecule is CCc1cc(=O)[nH]c(-c2ccc(N3CCN(Cc4ccccc4)C(C)(C)C3)nc2)n1. The molecule has 1 aliphatic rings. The number of aryl methyl sites for hydroxylation is 1. The van der Waals surface area contributed by atoms with Gasteiger partial charge in [0.15, 0.2) is 0 Å². The summed E-state index contributed by atoms with van der Waals surface area (Å²) in [7, 11) is 0. The molecule has 0 saturated carbocycles. The van der Waals surface area contributed by atoms with Crippen LogP contribution in [-0.4, -0.2) is 45.0 Å². The number of hydrogen-bond acceptors (Lipinski definition) is 5. The van der Waals surface area contributed by atoms with Crippen molar-refractivity contribution in [3.05, 3.63) is 76.3 Å². The van der Waals surface area contributed by atoms with Crippen molar-refractivity contribution in [2.24, 2.45) is 0 Å². The van der Waals surface area contributed by atoms with Crippen LogP contribution in [0.1, 0.15) is 32.0 Å².